The molecule has 1 aromatic rings. The summed E-state index contributed by atoms with van der Waals surface area (Å²) < 4.78 is 4.76. The lowest BCUT2D eigenvalue weighted by molar-refractivity contribution is -0.141. The number of ether oxygens (including phenoxy) is 1. The minimum absolute atomic E-state index is 0.00358. The number of hydrogen-bond donors (Lipinski definition) is 1. The third-order valence-electron chi connectivity index (χ3n) is 4.85. The van der Waals surface area contributed by atoms with Gasteiger partial charge in [0.25, 0.3) is 0 Å². The molecule has 23 heavy (non-hydrogen) atoms. The van der Waals surface area contributed by atoms with Crippen LogP contribution in [0.1, 0.15) is 57.6 Å². The molecule has 5 heteroatoms. The Labute approximate surface area is 137 Å². The number of amides is 1. The molecule has 2 atom stereocenters. The maximum Gasteiger partial charge on any atom is 0.307 e. The molecule has 0 spiro atoms. The molecule has 0 bridgehead atoms. The third-order valence-corrected chi connectivity index (χ3v) is 4.85. The van der Waals surface area contributed by atoms with Crippen LogP contribution in [0, 0.1) is 11.3 Å². The Hall–Kier alpha value is -1.91. The molecule has 1 aliphatic carbocycles. The predicted molar refractivity (Wildman–Crippen MR) is 87.5 cm³/mol. The Morgan fingerprint density at radius 3 is 2.65 bits per heavy atom. The van der Waals surface area contributed by atoms with E-state index in [0.717, 1.165) is 24.8 Å². The summed E-state index contributed by atoms with van der Waals surface area (Å²) in [5, 5.41) is 3.06. The molecule has 1 amide bonds. The lowest BCUT2D eigenvalue weighted by Crippen LogP contribution is -2.42. The molecule has 0 aromatic carbocycles. The first-order valence-corrected chi connectivity index (χ1v) is 8.21. The summed E-state index contributed by atoms with van der Waals surface area (Å²) in [6.07, 6.45) is 7.67. The van der Waals surface area contributed by atoms with Crippen LogP contribution in [-0.4, -0.2) is 24.0 Å². The molecule has 0 radical (unpaired) electrons. The topological polar surface area (TPSA) is 68.3 Å². The standard InChI is InChI=1S/C18H26N2O3/c1-18(2)9-5-4-6-14(18)17(22)20-15(12-16(21)23-3)13-7-10-19-11-8-13/h7-8,10-11,14-15H,4-6,9,12H2,1-3H3,(H,20,22)/t14-,15-/m1/s1. The van der Waals surface area contributed by atoms with E-state index in [9.17, 15) is 9.59 Å². The van der Waals surface area contributed by atoms with Crippen molar-refractivity contribution in [1.29, 1.82) is 0 Å². The highest BCUT2D eigenvalue weighted by molar-refractivity contribution is 5.81. The highest BCUT2D eigenvalue weighted by atomic mass is 16.5. The van der Waals surface area contributed by atoms with Gasteiger partial charge in [0, 0.05) is 18.3 Å². The van der Waals surface area contributed by atoms with Gasteiger partial charge in [0.2, 0.25) is 5.91 Å². The summed E-state index contributed by atoms with van der Waals surface area (Å²) in [5.41, 5.74) is 0.864. The molecule has 126 valence electrons. The van der Waals surface area contributed by atoms with Gasteiger partial charge in [-0.15, -0.1) is 0 Å². The average molecular weight is 318 g/mol. The van der Waals surface area contributed by atoms with Crippen LogP contribution in [0.3, 0.4) is 0 Å². The summed E-state index contributed by atoms with van der Waals surface area (Å²) in [4.78, 5) is 28.5. The number of carbonyl (C=O) groups excluding carboxylic acids is 2. The molecule has 5 nitrogen and oxygen atoms in total. The van der Waals surface area contributed by atoms with E-state index in [2.05, 4.69) is 24.1 Å². The second kappa shape index (κ2) is 7.57. The van der Waals surface area contributed by atoms with Gasteiger partial charge >= 0.3 is 5.97 Å². The zero-order valence-corrected chi connectivity index (χ0v) is 14.2. The first-order valence-electron chi connectivity index (χ1n) is 8.21. The van der Waals surface area contributed by atoms with Gasteiger partial charge in [-0.25, -0.2) is 0 Å². The van der Waals surface area contributed by atoms with Gasteiger partial charge in [0.15, 0.2) is 0 Å². The number of esters is 1. The van der Waals surface area contributed by atoms with Crippen LogP contribution in [-0.2, 0) is 14.3 Å². The second-order valence-electron chi connectivity index (χ2n) is 6.91. The van der Waals surface area contributed by atoms with E-state index >= 15 is 0 Å². The molecule has 0 aliphatic heterocycles. The molecule has 1 N–H and O–H groups in total. The van der Waals surface area contributed by atoms with Crippen molar-refractivity contribution >= 4 is 11.9 Å². The van der Waals surface area contributed by atoms with Crippen molar-refractivity contribution in [2.45, 2.75) is 52.0 Å². The van der Waals surface area contributed by atoms with Gasteiger partial charge in [-0.05, 0) is 36.0 Å². The minimum atomic E-state index is -0.379. The van der Waals surface area contributed by atoms with Crippen molar-refractivity contribution in [1.82, 2.24) is 10.3 Å². The number of rotatable bonds is 5. The van der Waals surface area contributed by atoms with Crippen molar-refractivity contribution in [2.75, 3.05) is 7.11 Å². The molecule has 1 saturated carbocycles. The molecule has 0 unspecified atom stereocenters. The van der Waals surface area contributed by atoms with Crippen molar-refractivity contribution < 1.29 is 14.3 Å². The van der Waals surface area contributed by atoms with E-state index in [1.807, 2.05) is 12.1 Å². The Kier molecular flexibility index (Phi) is 5.74. The van der Waals surface area contributed by atoms with E-state index in [4.69, 9.17) is 4.74 Å². The van der Waals surface area contributed by atoms with Crippen molar-refractivity contribution in [3.8, 4) is 0 Å². The highest BCUT2D eigenvalue weighted by Gasteiger charge is 2.38. The lowest BCUT2D eigenvalue weighted by atomic mass is 9.68. The number of nitrogens with one attached hydrogen (secondary N) is 1. The Bertz CT molecular complexity index is 542. The number of pyridine rings is 1. The van der Waals surface area contributed by atoms with E-state index in [1.54, 1.807) is 12.4 Å². The number of methoxy groups -OCH3 is 1. The second-order valence-corrected chi connectivity index (χ2v) is 6.91. The lowest BCUT2D eigenvalue weighted by Gasteiger charge is -2.38. The van der Waals surface area contributed by atoms with Crippen LogP contribution in [0.25, 0.3) is 0 Å². The highest BCUT2D eigenvalue weighted by Crippen LogP contribution is 2.40. The molecule has 2 rings (SSSR count). The number of hydrogen-bond acceptors (Lipinski definition) is 4. The van der Waals surface area contributed by atoms with Gasteiger partial charge < -0.3 is 10.1 Å². The zero-order valence-electron chi connectivity index (χ0n) is 14.2. The fourth-order valence-electron chi connectivity index (χ4n) is 3.35. The SMILES string of the molecule is COC(=O)C[C@@H](NC(=O)[C@H]1CCCCC1(C)C)c1ccncc1. The molecular formula is C18H26N2O3. The van der Waals surface area contributed by atoms with E-state index in [1.165, 1.54) is 13.5 Å². The summed E-state index contributed by atoms with van der Waals surface area (Å²) in [6.45, 7) is 4.30. The summed E-state index contributed by atoms with van der Waals surface area (Å²) in [7, 11) is 1.36. The molecule has 1 aliphatic rings. The van der Waals surface area contributed by atoms with Gasteiger partial charge in [-0.2, -0.15) is 0 Å². The van der Waals surface area contributed by atoms with Crippen LogP contribution < -0.4 is 5.32 Å². The van der Waals surface area contributed by atoms with E-state index < -0.39 is 0 Å². The summed E-state index contributed by atoms with van der Waals surface area (Å²) in [5.74, 6) is -0.325. The normalized spacial score (nSPS) is 21.3. The molecule has 0 saturated heterocycles. The van der Waals surface area contributed by atoms with Crippen LogP contribution in [0.2, 0.25) is 0 Å². The largest absolute Gasteiger partial charge is 0.469 e. The van der Waals surface area contributed by atoms with Crippen molar-refractivity contribution in [2.24, 2.45) is 11.3 Å². The first-order chi connectivity index (χ1) is 10.9. The molecule has 1 fully saturated rings. The Morgan fingerprint density at radius 2 is 2.04 bits per heavy atom. The van der Waals surface area contributed by atoms with Gasteiger partial charge in [0.05, 0.1) is 19.6 Å². The number of carbonyl (C=O) groups is 2. The van der Waals surface area contributed by atoms with Crippen LogP contribution in [0.5, 0.6) is 0 Å². The van der Waals surface area contributed by atoms with E-state index in [0.29, 0.717) is 0 Å². The molecule has 1 heterocycles. The van der Waals surface area contributed by atoms with Crippen LogP contribution in [0.15, 0.2) is 24.5 Å². The summed E-state index contributed by atoms with van der Waals surface area (Å²) >= 11 is 0. The Morgan fingerprint density at radius 1 is 1.35 bits per heavy atom. The smallest absolute Gasteiger partial charge is 0.307 e. The van der Waals surface area contributed by atoms with Crippen LogP contribution in [0.4, 0.5) is 0 Å². The molecule has 1 aromatic heterocycles. The number of nitrogens with zero attached hydrogens (tertiary/aromatic N) is 1. The van der Waals surface area contributed by atoms with E-state index in [-0.39, 0.29) is 35.7 Å². The fraction of sp³-hybridized carbons (Fsp3) is 0.611. The monoisotopic (exact) mass is 318 g/mol. The first kappa shape index (κ1) is 17.4. The van der Waals surface area contributed by atoms with Crippen molar-refractivity contribution in [3.63, 3.8) is 0 Å². The van der Waals surface area contributed by atoms with Crippen LogP contribution >= 0.6 is 0 Å². The fourth-order valence-corrected chi connectivity index (χ4v) is 3.35. The quantitative estimate of drug-likeness (QED) is 0.847. The summed E-state index contributed by atoms with van der Waals surface area (Å²) in [6, 6.07) is 3.26. The van der Waals surface area contributed by atoms with Gasteiger partial charge in [0.1, 0.15) is 0 Å². The van der Waals surface area contributed by atoms with Gasteiger partial charge in [-0.3, -0.25) is 14.6 Å². The molecular weight excluding hydrogens is 292 g/mol. The van der Waals surface area contributed by atoms with Gasteiger partial charge in [-0.1, -0.05) is 26.7 Å². The Balaban J connectivity index is 2.13. The zero-order chi connectivity index (χ0) is 16.9. The minimum Gasteiger partial charge on any atom is -0.469 e. The average Bonchev–Trinajstić information content (AvgIpc) is 2.54. The number of aromatic nitrogens is 1. The third kappa shape index (κ3) is 4.53. The van der Waals surface area contributed by atoms with Crippen molar-refractivity contribution in [3.05, 3.63) is 30.1 Å². The maximum atomic E-state index is 12.8. The maximum absolute atomic E-state index is 12.8. The predicted octanol–water partition coefficient (Wildman–Crippen LogP) is 3.02.